The van der Waals surface area contributed by atoms with Crippen LogP contribution in [0.25, 0.3) is 0 Å². The van der Waals surface area contributed by atoms with E-state index in [0.29, 0.717) is 12.8 Å². The topological polar surface area (TPSA) is 99.2 Å². The molecule has 0 spiro atoms. The maximum Gasteiger partial charge on any atom is 0.410 e. The summed E-state index contributed by atoms with van der Waals surface area (Å²) in [6, 6.07) is 8.36. The molecular weight excluding hydrogens is 374 g/mol. The van der Waals surface area contributed by atoms with E-state index in [0.717, 1.165) is 18.2 Å². The molecule has 150 valence electrons. The van der Waals surface area contributed by atoms with Gasteiger partial charge in [-0.1, -0.05) is 30.3 Å². The summed E-state index contributed by atoms with van der Waals surface area (Å²) in [5.41, 5.74) is 0.836. The van der Waals surface area contributed by atoms with E-state index >= 15 is 0 Å². The number of benzene rings is 1. The van der Waals surface area contributed by atoms with Crippen molar-refractivity contribution in [3.8, 4) is 0 Å². The van der Waals surface area contributed by atoms with Crippen LogP contribution in [0.3, 0.4) is 0 Å². The Morgan fingerprint density at radius 3 is 2.30 bits per heavy atom. The summed E-state index contributed by atoms with van der Waals surface area (Å²) < 4.78 is 38.0. The van der Waals surface area contributed by atoms with Crippen molar-refractivity contribution in [2.75, 3.05) is 19.5 Å². The fraction of sp³-hybridized carbons (Fsp3) is 0.556. The van der Waals surface area contributed by atoms with E-state index in [2.05, 4.69) is 0 Å². The van der Waals surface area contributed by atoms with Crippen molar-refractivity contribution in [2.45, 2.75) is 44.9 Å². The predicted octanol–water partition coefficient (Wildman–Crippen LogP) is 2.09. The van der Waals surface area contributed by atoms with Crippen LogP contribution < -0.4 is 0 Å². The molecule has 0 N–H and O–H groups in total. The smallest absolute Gasteiger partial charge is 0.410 e. The van der Waals surface area contributed by atoms with E-state index in [1.54, 1.807) is 0 Å². The Kier molecular flexibility index (Phi) is 7.61. The molecule has 0 unspecified atom stereocenters. The largest absolute Gasteiger partial charge is 0.464 e. The third-order valence-electron chi connectivity index (χ3n) is 4.23. The van der Waals surface area contributed by atoms with Gasteiger partial charge in [-0.15, -0.1) is 0 Å². The summed E-state index contributed by atoms with van der Waals surface area (Å²) in [5.74, 6) is -0.442. The van der Waals surface area contributed by atoms with Crippen LogP contribution in [0.1, 0.15) is 31.7 Å². The average Bonchev–Trinajstić information content (AvgIpc) is 2.63. The predicted molar refractivity (Wildman–Crippen MR) is 97.3 cm³/mol. The van der Waals surface area contributed by atoms with E-state index in [-0.39, 0.29) is 25.9 Å². The van der Waals surface area contributed by atoms with E-state index in [1.165, 1.54) is 11.8 Å². The minimum Gasteiger partial charge on any atom is -0.464 e. The first-order chi connectivity index (χ1) is 12.8. The molecule has 0 bridgehead atoms. The van der Waals surface area contributed by atoms with Gasteiger partial charge in [0.15, 0.2) is 0 Å². The lowest BCUT2D eigenvalue weighted by Crippen LogP contribution is -2.54. The van der Waals surface area contributed by atoms with Gasteiger partial charge in [-0.05, 0) is 24.8 Å². The Morgan fingerprint density at radius 1 is 1.07 bits per heavy atom. The summed E-state index contributed by atoms with van der Waals surface area (Å²) in [5, 5.41) is 0. The molecule has 9 heteroatoms. The quantitative estimate of drug-likeness (QED) is 0.511. The van der Waals surface area contributed by atoms with Gasteiger partial charge in [0, 0.05) is 6.92 Å². The van der Waals surface area contributed by atoms with Crippen LogP contribution in [0.2, 0.25) is 0 Å². The first-order valence-electron chi connectivity index (χ1n) is 8.73. The molecular formula is C18H25NO7S. The normalized spacial score (nSPS) is 20.1. The lowest BCUT2D eigenvalue weighted by Gasteiger charge is -2.40. The molecule has 8 nitrogen and oxygen atoms in total. The van der Waals surface area contributed by atoms with Crippen molar-refractivity contribution in [1.29, 1.82) is 0 Å². The number of carbonyl (C=O) groups is 2. The van der Waals surface area contributed by atoms with Crippen LogP contribution in [0.5, 0.6) is 0 Å². The van der Waals surface area contributed by atoms with E-state index in [1.807, 2.05) is 30.3 Å². The van der Waals surface area contributed by atoms with Crippen LogP contribution in [0, 0.1) is 0 Å². The van der Waals surface area contributed by atoms with Crippen LogP contribution in [0.4, 0.5) is 4.79 Å². The van der Waals surface area contributed by atoms with Gasteiger partial charge in [-0.3, -0.25) is 13.9 Å². The number of hydrogen-bond acceptors (Lipinski definition) is 7. The Bertz CT molecular complexity index is 735. The molecule has 1 saturated heterocycles. The second-order valence-corrected chi connectivity index (χ2v) is 8.12. The Morgan fingerprint density at radius 2 is 1.70 bits per heavy atom. The number of hydrogen-bond donors (Lipinski definition) is 0. The van der Waals surface area contributed by atoms with Gasteiger partial charge in [-0.25, -0.2) is 4.79 Å². The van der Waals surface area contributed by atoms with Gasteiger partial charge in [0.1, 0.15) is 13.2 Å². The van der Waals surface area contributed by atoms with Gasteiger partial charge in [0.25, 0.3) is 10.1 Å². The zero-order chi connectivity index (χ0) is 19.9. The second-order valence-electron chi connectivity index (χ2n) is 6.48. The molecule has 1 aliphatic rings. The minimum absolute atomic E-state index is 0.0329. The summed E-state index contributed by atoms with van der Waals surface area (Å²) in [4.78, 5) is 25.3. The Balaban J connectivity index is 2.09. The molecule has 1 heterocycles. The van der Waals surface area contributed by atoms with Crippen molar-refractivity contribution in [2.24, 2.45) is 0 Å². The molecule has 0 aliphatic carbocycles. The molecule has 0 radical (unpaired) electrons. The zero-order valence-corrected chi connectivity index (χ0v) is 16.3. The Hall–Kier alpha value is -2.13. The van der Waals surface area contributed by atoms with Crippen molar-refractivity contribution >= 4 is 22.2 Å². The lowest BCUT2D eigenvalue weighted by atomic mass is 9.97. The molecule has 1 amide bonds. The molecule has 0 aromatic heterocycles. The minimum atomic E-state index is -3.64. The summed E-state index contributed by atoms with van der Waals surface area (Å²) in [6.07, 6.45) is 2.34. The number of piperidine rings is 1. The van der Waals surface area contributed by atoms with Gasteiger partial charge in [0.05, 0.1) is 24.9 Å². The number of likely N-dealkylation sites (tertiary alicyclic amines) is 1. The molecule has 1 fully saturated rings. The van der Waals surface area contributed by atoms with Crippen molar-refractivity contribution in [3.63, 3.8) is 0 Å². The number of nitrogens with zero attached hydrogens (tertiary/aromatic N) is 1. The van der Waals surface area contributed by atoms with E-state index < -0.39 is 28.2 Å². The third-order valence-corrected chi connectivity index (χ3v) is 4.80. The van der Waals surface area contributed by atoms with Crippen LogP contribution in [-0.2, 0) is 35.2 Å². The second kappa shape index (κ2) is 9.70. The van der Waals surface area contributed by atoms with Gasteiger partial charge in [-0.2, -0.15) is 8.42 Å². The molecule has 27 heavy (non-hydrogen) atoms. The third kappa shape index (κ3) is 7.18. The summed E-state index contributed by atoms with van der Waals surface area (Å²) in [7, 11) is -3.64. The monoisotopic (exact) mass is 399 g/mol. The zero-order valence-electron chi connectivity index (χ0n) is 15.5. The fourth-order valence-corrected chi connectivity index (χ4v) is 3.40. The van der Waals surface area contributed by atoms with Gasteiger partial charge in [0.2, 0.25) is 0 Å². The number of rotatable bonds is 7. The van der Waals surface area contributed by atoms with Crippen molar-refractivity contribution in [3.05, 3.63) is 35.9 Å². The number of ether oxygens (including phenoxy) is 2. The number of carbonyl (C=O) groups excluding carboxylic acids is 2. The summed E-state index contributed by atoms with van der Waals surface area (Å²) in [6.45, 7) is 1.27. The molecule has 1 aromatic rings. The Labute approximate surface area is 159 Å². The van der Waals surface area contributed by atoms with Gasteiger partial charge >= 0.3 is 12.1 Å². The van der Waals surface area contributed by atoms with Crippen LogP contribution in [-0.4, -0.2) is 56.9 Å². The van der Waals surface area contributed by atoms with Crippen molar-refractivity contribution in [1.82, 2.24) is 4.90 Å². The number of esters is 1. The number of amides is 1. The SMILES string of the molecule is CC(=O)OC[C@H]1CCC[C@@H](COS(C)(=O)=O)N1C(=O)OCc1ccccc1. The highest BCUT2D eigenvalue weighted by Gasteiger charge is 2.36. The lowest BCUT2D eigenvalue weighted by molar-refractivity contribution is -0.143. The highest BCUT2D eigenvalue weighted by Crippen LogP contribution is 2.25. The van der Waals surface area contributed by atoms with Crippen LogP contribution >= 0.6 is 0 Å². The first-order valence-corrected chi connectivity index (χ1v) is 10.5. The first kappa shape index (κ1) is 21.2. The van der Waals surface area contributed by atoms with E-state index in [9.17, 15) is 18.0 Å². The average molecular weight is 399 g/mol. The maximum absolute atomic E-state index is 12.7. The molecule has 0 saturated carbocycles. The molecule has 2 atom stereocenters. The van der Waals surface area contributed by atoms with Crippen molar-refractivity contribution < 1.29 is 31.7 Å². The van der Waals surface area contributed by atoms with Crippen LogP contribution in [0.15, 0.2) is 30.3 Å². The molecule has 1 aliphatic heterocycles. The van der Waals surface area contributed by atoms with E-state index in [4.69, 9.17) is 13.7 Å². The standard InChI is InChI=1S/C18H25NO7S/c1-14(20)24-12-16-9-6-10-17(13-26-27(2,22)23)19(16)18(21)25-11-15-7-4-3-5-8-15/h3-5,7-8,16-17H,6,9-13H2,1-2H3/t16-,17+/m1/s1. The molecule has 2 rings (SSSR count). The summed E-state index contributed by atoms with van der Waals surface area (Å²) >= 11 is 0. The maximum atomic E-state index is 12.7. The highest BCUT2D eigenvalue weighted by molar-refractivity contribution is 7.85. The fourth-order valence-electron chi connectivity index (χ4n) is 3.00. The molecule has 1 aromatic carbocycles. The highest BCUT2D eigenvalue weighted by atomic mass is 32.2. The van der Waals surface area contributed by atoms with Gasteiger partial charge < -0.3 is 9.47 Å².